The van der Waals surface area contributed by atoms with Gasteiger partial charge in [-0.05, 0) is 46.1 Å². The molecule has 0 fully saturated rings. The van der Waals surface area contributed by atoms with Crippen molar-refractivity contribution in [1.29, 1.82) is 0 Å². The number of carbonyl (C=O) groups is 2. The summed E-state index contributed by atoms with van der Waals surface area (Å²) in [5.41, 5.74) is 5.26. The third-order valence-electron chi connectivity index (χ3n) is 4.01. The van der Waals surface area contributed by atoms with E-state index in [0.29, 0.717) is 6.42 Å². The average Bonchev–Trinajstić information content (AvgIpc) is 2.68. The first-order valence-corrected chi connectivity index (χ1v) is 9.97. The molecule has 2 aromatic rings. The van der Waals surface area contributed by atoms with Crippen LogP contribution in [-0.2, 0) is 16.0 Å². The highest BCUT2D eigenvalue weighted by Crippen LogP contribution is 2.25. The van der Waals surface area contributed by atoms with Crippen LogP contribution in [0.2, 0.25) is 0 Å². The molecule has 0 heterocycles. The van der Waals surface area contributed by atoms with Gasteiger partial charge in [-0.3, -0.25) is 4.79 Å². The molecule has 0 unspecified atom stereocenters. The van der Waals surface area contributed by atoms with Gasteiger partial charge in [0, 0.05) is 25.0 Å². The quantitative estimate of drug-likeness (QED) is 0.467. The zero-order chi connectivity index (χ0) is 21.2. The van der Waals surface area contributed by atoms with E-state index in [1.807, 2.05) is 67.5 Å². The zero-order valence-electron chi connectivity index (χ0n) is 16.7. The molecule has 0 aliphatic rings. The number of alkyl carbamates (subject to hydrolysis) is 1. The molecule has 0 saturated carbocycles. The predicted molar refractivity (Wildman–Crippen MR) is 118 cm³/mol. The van der Waals surface area contributed by atoms with Crippen LogP contribution in [0.25, 0.3) is 0 Å². The number of ether oxygens (including phenoxy) is 1. The maximum Gasteiger partial charge on any atom is 0.407 e. The normalized spacial score (nSPS) is 11.7. The van der Waals surface area contributed by atoms with Gasteiger partial charge in [-0.15, -0.1) is 0 Å². The average molecular weight is 461 g/mol. The fourth-order valence-electron chi connectivity index (χ4n) is 2.59. The van der Waals surface area contributed by atoms with E-state index < -0.39 is 18.0 Å². The number of hydrogen-bond acceptors (Lipinski definition) is 5. The zero-order valence-corrected chi connectivity index (χ0v) is 18.3. The fourth-order valence-corrected chi connectivity index (χ4v) is 3.34. The Labute approximate surface area is 179 Å². The number of anilines is 1. The van der Waals surface area contributed by atoms with Crippen LogP contribution in [0.15, 0.2) is 58.1 Å². The van der Waals surface area contributed by atoms with Crippen molar-refractivity contribution in [2.75, 3.05) is 25.6 Å². The Hall–Kier alpha value is -2.87. The van der Waals surface area contributed by atoms with Crippen LogP contribution in [0.4, 0.5) is 10.5 Å². The molecule has 7 nitrogen and oxygen atoms in total. The summed E-state index contributed by atoms with van der Waals surface area (Å²) in [6.07, 6.45) is 1.23. The molecule has 2 N–H and O–H groups in total. The molecule has 0 aliphatic carbocycles. The summed E-state index contributed by atoms with van der Waals surface area (Å²) in [5, 5.41) is 6.61. The minimum Gasteiger partial charge on any atom is -0.450 e. The van der Waals surface area contributed by atoms with E-state index in [0.717, 1.165) is 21.3 Å². The number of halogens is 1. The lowest BCUT2D eigenvalue weighted by molar-refractivity contribution is -0.123. The summed E-state index contributed by atoms with van der Waals surface area (Å²) in [7, 11) is 3.91. The summed E-state index contributed by atoms with van der Waals surface area (Å²) < 4.78 is 5.82. The molecule has 2 rings (SSSR count). The Bertz CT molecular complexity index is 856. The fraction of sp³-hybridized carbons (Fsp3) is 0.286. The first-order chi connectivity index (χ1) is 13.9. The third kappa shape index (κ3) is 7.23. The molecule has 0 spiro atoms. The summed E-state index contributed by atoms with van der Waals surface area (Å²) in [4.78, 5) is 26.4. The van der Waals surface area contributed by atoms with Crippen LogP contribution in [0.3, 0.4) is 0 Å². The molecule has 8 heteroatoms. The van der Waals surface area contributed by atoms with Crippen LogP contribution in [-0.4, -0.2) is 45.0 Å². The number of hydrazone groups is 1. The Balaban J connectivity index is 2.05. The van der Waals surface area contributed by atoms with Gasteiger partial charge in [0.1, 0.15) is 6.04 Å². The highest BCUT2D eigenvalue weighted by atomic mass is 79.9. The monoisotopic (exact) mass is 460 g/mol. The van der Waals surface area contributed by atoms with E-state index in [-0.39, 0.29) is 6.61 Å². The molecule has 0 aliphatic heterocycles. The number of hydrogen-bond donors (Lipinski definition) is 2. The van der Waals surface area contributed by atoms with Crippen LogP contribution in [0, 0.1) is 0 Å². The summed E-state index contributed by atoms with van der Waals surface area (Å²) in [5.74, 6) is -0.429. The number of benzene rings is 2. The van der Waals surface area contributed by atoms with E-state index >= 15 is 0 Å². The molecule has 1 atom stereocenters. The molecule has 0 bridgehead atoms. The van der Waals surface area contributed by atoms with Gasteiger partial charge in [0.2, 0.25) is 0 Å². The topological polar surface area (TPSA) is 83.0 Å². The Morgan fingerprint density at radius 3 is 2.55 bits per heavy atom. The SMILES string of the molecule is CCOC(=O)N[C@H](Cc1ccccc1)C(=O)N/N=C\c1ccc(N(C)C)c(Br)c1. The van der Waals surface area contributed by atoms with Crippen LogP contribution in [0.1, 0.15) is 18.1 Å². The van der Waals surface area contributed by atoms with E-state index in [4.69, 9.17) is 4.74 Å². The standard InChI is InChI=1S/C21H25BrN4O3/c1-4-29-21(28)24-18(13-15-8-6-5-7-9-15)20(27)25-23-14-16-10-11-19(26(2)3)17(22)12-16/h5-12,14,18H,4,13H2,1-3H3,(H,24,28)(H,25,27)/b23-14-/t18-/m1/s1. The van der Waals surface area contributed by atoms with Gasteiger partial charge in [-0.2, -0.15) is 5.10 Å². The van der Waals surface area contributed by atoms with Crippen LogP contribution in [0.5, 0.6) is 0 Å². The lowest BCUT2D eigenvalue weighted by atomic mass is 10.1. The highest BCUT2D eigenvalue weighted by molar-refractivity contribution is 9.10. The summed E-state index contributed by atoms with van der Waals surface area (Å²) in [6.45, 7) is 1.93. The summed E-state index contributed by atoms with van der Waals surface area (Å²) in [6, 6.07) is 14.4. The maximum absolute atomic E-state index is 12.6. The minimum absolute atomic E-state index is 0.224. The third-order valence-corrected chi connectivity index (χ3v) is 4.64. The van der Waals surface area contributed by atoms with Crippen molar-refractivity contribution < 1.29 is 14.3 Å². The number of amides is 2. The molecule has 2 amide bonds. The largest absolute Gasteiger partial charge is 0.450 e. The van der Waals surface area contributed by atoms with Crippen molar-refractivity contribution in [3.8, 4) is 0 Å². The maximum atomic E-state index is 12.6. The molecule has 0 aromatic heterocycles. The molecule has 154 valence electrons. The van der Waals surface area contributed by atoms with Crippen molar-refractivity contribution in [3.63, 3.8) is 0 Å². The molecule has 29 heavy (non-hydrogen) atoms. The Kier molecular flexibility index (Phi) is 8.67. The van der Waals surface area contributed by atoms with E-state index in [1.165, 1.54) is 0 Å². The molecular formula is C21H25BrN4O3. The second-order valence-electron chi connectivity index (χ2n) is 6.45. The lowest BCUT2D eigenvalue weighted by Gasteiger charge is -2.17. The van der Waals surface area contributed by atoms with Gasteiger partial charge < -0.3 is 15.0 Å². The first-order valence-electron chi connectivity index (χ1n) is 9.17. The molecule has 2 aromatic carbocycles. The Morgan fingerprint density at radius 1 is 1.21 bits per heavy atom. The van der Waals surface area contributed by atoms with Gasteiger partial charge in [-0.25, -0.2) is 10.2 Å². The van der Waals surface area contributed by atoms with Crippen molar-refractivity contribution in [1.82, 2.24) is 10.7 Å². The van der Waals surface area contributed by atoms with E-state index in [2.05, 4.69) is 31.8 Å². The van der Waals surface area contributed by atoms with Gasteiger partial charge in [0.05, 0.1) is 18.5 Å². The van der Waals surface area contributed by atoms with Crippen LogP contribution < -0.4 is 15.6 Å². The number of rotatable bonds is 8. The Morgan fingerprint density at radius 2 is 1.93 bits per heavy atom. The van der Waals surface area contributed by atoms with Crippen molar-refractivity contribution in [3.05, 3.63) is 64.1 Å². The summed E-state index contributed by atoms with van der Waals surface area (Å²) >= 11 is 3.52. The molecular weight excluding hydrogens is 436 g/mol. The van der Waals surface area contributed by atoms with Crippen molar-refractivity contribution >= 4 is 39.8 Å². The van der Waals surface area contributed by atoms with Crippen molar-refractivity contribution in [2.24, 2.45) is 5.10 Å². The molecule has 0 saturated heterocycles. The lowest BCUT2D eigenvalue weighted by Crippen LogP contribution is -2.47. The number of nitrogens with one attached hydrogen (secondary N) is 2. The van der Waals surface area contributed by atoms with E-state index in [9.17, 15) is 9.59 Å². The van der Waals surface area contributed by atoms with Gasteiger partial charge in [0.15, 0.2) is 0 Å². The number of carbonyl (C=O) groups excluding carboxylic acids is 2. The van der Waals surface area contributed by atoms with Gasteiger partial charge >= 0.3 is 6.09 Å². The predicted octanol–water partition coefficient (Wildman–Crippen LogP) is 3.32. The van der Waals surface area contributed by atoms with Crippen LogP contribution >= 0.6 is 15.9 Å². The number of nitrogens with zero attached hydrogens (tertiary/aromatic N) is 2. The van der Waals surface area contributed by atoms with Gasteiger partial charge in [0.25, 0.3) is 5.91 Å². The smallest absolute Gasteiger partial charge is 0.407 e. The molecule has 0 radical (unpaired) electrons. The van der Waals surface area contributed by atoms with Crippen molar-refractivity contribution in [2.45, 2.75) is 19.4 Å². The van der Waals surface area contributed by atoms with E-state index in [1.54, 1.807) is 13.1 Å². The minimum atomic E-state index is -0.809. The second-order valence-corrected chi connectivity index (χ2v) is 7.30. The second kappa shape index (κ2) is 11.2. The highest BCUT2D eigenvalue weighted by Gasteiger charge is 2.21. The first kappa shape index (κ1) is 22.4. The van der Waals surface area contributed by atoms with Gasteiger partial charge in [-0.1, -0.05) is 36.4 Å².